The maximum atomic E-state index is 5.86. The quantitative estimate of drug-likeness (QED) is 0.243. The first-order valence-electron chi connectivity index (χ1n) is 12.3. The van der Waals surface area contributed by atoms with E-state index in [-0.39, 0.29) is 0 Å². The summed E-state index contributed by atoms with van der Waals surface area (Å²) in [6.07, 6.45) is 0. The molecule has 0 aromatic heterocycles. The monoisotopic (exact) mass is 468 g/mol. The predicted octanol–water partition coefficient (Wildman–Crippen LogP) is 8.77. The van der Waals surface area contributed by atoms with E-state index in [0.29, 0.717) is 13.2 Å². The highest BCUT2D eigenvalue weighted by Crippen LogP contribution is 2.45. The third kappa shape index (κ3) is 3.67. The van der Waals surface area contributed by atoms with Crippen molar-refractivity contribution in [1.82, 2.24) is 0 Å². The Bertz CT molecular complexity index is 1580. The zero-order valence-electron chi connectivity index (χ0n) is 20.6. The lowest BCUT2D eigenvalue weighted by Crippen LogP contribution is -2.05. The molecule has 0 fully saturated rings. The molecule has 0 saturated carbocycles. The van der Waals surface area contributed by atoms with E-state index in [9.17, 15) is 0 Å². The number of rotatable bonds is 6. The summed E-state index contributed by atoms with van der Waals surface area (Å²) in [5.74, 6) is 0. The predicted molar refractivity (Wildman–Crippen MR) is 151 cm³/mol. The smallest absolute Gasteiger partial charge is 0.0723 e. The molecule has 2 nitrogen and oxygen atoms in total. The van der Waals surface area contributed by atoms with Crippen LogP contribution in [-0.2, 0) is 22.7 Å². The molecule has 0 radical (unpaired) electrons. The molecule has 0 aliphatic carbocycles. The van der Waals surface area contributed by atoms with E-state index >= 15 is 0 Å². The summed E-state index contributed by atoms with van der Waals surface area (Å²) in [7, 11) is 3.55. The molecule has 0 aliphatic rings. The fourth-order valence-corrected chi connectivity index (χ4v) is 5.66. The zero-order valence-corrected chi connectivity index (χ0v) is 20.6. The molecule has 0 aliphatic heterocycles. The van der Waals surface area contributed by atoms with E-state index < -0.39 is 0 Å². The van der Waals surface area contributed by atoms with Crippen molar-refractivity contribution in [3.05, 3.63) is 120 Å². The molecule has 176 valence electrons. The highest BCUT2D eigenvalue weighted by atomic mass is 16.5. The first kappa shape index (κ1) is 22.5. The second-order valence-corrected chi connectivity index (χ2v) is 9.17. The van der Waals surface area contributed by atoms with Gasteiger partial charge in [-0.25, -0.2) is 0 Å². The Balaban J connectivity index is 1.81. The van der Waals surface area contributed by atoms with Crippen molar-refractivity contribution in [1.29, 1.82) is 0 Å². The molecule has 0 N–H and O–H groups in total. The number of ether oxygens (including phenoxy) is 2. The van der Waals surface area contributed by atoms with Crippen LogP contribution in [0.4, 0.5) is 0 Å². The standard InChI is InChI=1S/C34H28O2/c1-35-21-31-32(22-36-2)34(28-20-10-14-24-12-4-6-16-26(24)28)30-18-8-7-17-29(30)33(31)27-19-9-13-23-11-3-5-15-25(23)27/h3-20H,21-22H2,1-2H3. The molecular formula is C34H28O2. The number of methoxy groups -OCH3 is 2. The molecule has 0 heterocycles. The lowest BCUT2D eigenvalue weighted by Gasteiger charge is -2.24. The van der Waals surface area contributed by atoms with Crippen LogP contribution in [0.3, 0.4) is 0 Å². The number of hydrogen-bond donors (Lipinski definition) is 0. The Morgan fingerprint density at radius 3 is 1.19 bits per heavy atom. The van der Waals surface area contributed by atoms with Crippen LogP contribution in [0, 0.1) is 0 Å². The topological polar surface area (TPSA) is 18.5 Å². The average Bonchev–Trinajstić information content (AvgIpc) is 2.93. The maximum Gasteiger partial charge on any atom is 0.0723 e. The van der Waals surface area contributed by atoms with E-state index in [2.05, 4.69) is 109 Å². The van der Waals surface area contributed by atoms with Gasteiger partial charge in [0.2, 0.25) is 0 Å². The Morgan fingerprint density at radius 1 is 0.417 bits per heavy atom. The summed E-state index contributed by atoms with van der Waals surface area (Å²) < 4.78 is 11.7. The van der Waals surface area contributed by atoms with E-state index in [0.717, 1.165) is 0 Å². The van der Waals surface area contributed by atoms with Gasteiger partial charge in [0.1, 0.15) is 0 Å². The lowest BCUT2D eigenvalue weighted by molar-refractivity contribution is 0.169. The molecule has 36 heavy (non-hydrogen) atoms. The molecule has 6 rings (SSSR count). The SMILES string of the molecule is COCc1c(COC)c(-c2cccc3ccccc23)c2ccccc2c1-c1cccc2ccccc12. The summed E-state index contributed by atoms with van der Waals surface area (Å²) in [6, 6.07) is 39.1. The fraction of sp³-hybridized carbons (Fsp3) is 0.118. The Labute approximate surface area is 211 Å². The first-order valence-corrected chi connectivity index (χ1v) is 12.3. The molecule has 0 atom stereocenters. The zero-order chi connectivity index (χ0) is 24.5. The summed E-state index contributed by atoms with van der Waals surface area (Å²) in [5.41, 5.74) is 7.24. The molecule has 2 heteroatoms. The van der Waals surface area contributed by atoms with Crippen molar-refractivity contribution in [3.63, 3.8) is 0 Å². The van der Waals surface area contributed by atoms with Crippen LogP contribution in [0.5, 0.6) is 0 Å². The van der Waals surface area contributed by atoms with Crippen molar-refractivity contribution < 1.29 is 9.47 Å². The Morgan fingerprint density at radius 2 is 0.778 bits per heavy atom. The average molecular weight is 469 g/mol. The molecule has 6 aromatic carbocycles. The van der Waals surface area contributed by atoms with Crippen LogP contribution in [0.2, 0.25) is 0 Å². The second-order valence-electron chi connectivity index (χ2n) is 9.17. The third-order valence-corrected chi connectivity index (χ3v) is 7.13. The lowest BCUT2D eigenvalue weighted by atomic mass is 9.82. The summed E-state index contributed by atoms with van der Waals surface area (Å²) in [6.45, 7) is 1.000. The molecule has 0 spiro atoms. The Hall–Kier alpha value is -3.98. The minimum absolute atomic E-state index is 0.500. The van der Waals surface area contributed by atoms with Crippen molar-refractivity contribution in [2.45, 2.75) is 13.2 Å². The van der Waals surface area contributed by atoms with Gasteiger partial charge in [-0.05, 0) is 65.7 Å². The molecule has 0 saturated heterocycles. The van der Waals surface area contributed by atoms with E-state index in [1.54, 1.807) is 14.2 Å². The van der Waals surface area contributed by atoms with Gasteiger partial charge < -0.3 is 9.47 Å². The van der Waals surface area contributed by atoms with E-state index in [1.165, 1.54) is 65.7 Å². The van der Waals surface area contributed by atoms with Gasteiger partial charge in [0, 0.05) is 14.2 Å². The Kier molecular flexibility index (Phi) is 5.98. The summed E-state index contributed by atoms with van der Waals surface area (Å²) in [5, 5.41) is 7.39. The van der Waals surface area contributed by atoms with Gasteiger partial charge in [0.05, 0.1) is 13.2 Å². The van der Waals surface area contributed by atoms with Gasteiger partial charge in [-0.2, -0.15) is 0 Å². The minimum atomic E-state index is 0.500. The van der Waals surface area contributed by atoms with Gasteiger partial charge in [0.15, 0.2) is 0 Å². The van der Waals surface area contributed by atoms with Crippen LogP contribution >= 0.6 is 0 Å². The highest BCUT2D eigenvalue weighted by molar-refractivity contribution is 6.14. The molecule has 0 unspecified atom stereocenters. The molecule has 0 bridgehead atoms. The normalized spacial score (nSPS) is 11.5. The van der Waals surface area contributed by atoms with Crippen molar-refractivity contribution in [2.75, 3.05) is 14.2 Å². The van der Waals surface area contributed by atoms with E-state index in [4.69, 9.17) is 9.47 Å². The van der Waals surface area contributed by atoms with Gasteiger partial charge in [0.25, 0.3) is 0 Å². The highest BCUT2D eigenvalue weighted by Gasteiger charge is 2.23. The van der Waals surface area contributed by atoms with Crippen molar-refractivity contribution in [3.8, 4) is 22.3 Å². The summed E-state index contributed by atoms with van der Waals surface area (Å²) >= 11 is 0. The van der Waals surface area contributed by atoms with Gasteiger partial charge in [-0.15, -0.1) is 0 Å². The van der Waals surface area contributed by atoms with Crippen LogP contribution in [0.1, 0.15) is 11.1 Å². The summed E-state index contributed by atoms with van der Waals surface area (Å²) in [4.78, 5) is 0. The second kappa shape index (κ2) is 9.58. The fourth-order valence-electron chi connectivity index (χ4n) is 5.66. The van der Waals surface area contributed by atoms with E-state index in [1.807, 2.05) is 0 Å². The van der Waals surface area contributed by atoms with Crippen molar-refractivity contribution >= 4 is 32.3 Å². The third-order valence-electron chi connectivity index (χ3n) is 7.13. The van der Waals surface area contributed by atoms with Gasteiger partial charge in [-0.3, -0.25) is 0 Å². The van der Waals surface area contributed by atoms with Gasteiger partial charge >= 0.3 is 0 Å². The van der Waals surface area contributed by atoms with Crippen LogP contribution in [-0.4, -0.2) is 14.2 Å². The molecular weight excluding hydrogens is 440 g/mol. The van der Waals surface area contributed by atoms with Crippen molar-refractivity contribution in [2.24, 2.45) is 0 Å². The van der Waals surface area contributed by atoms with Crippen LogP contribution < -0.4 is 0 Å². The number of benzene rings is 6. The van der Waals surface area contributed by atoms with Crippen LogP contribution in [0.25, 0.3) is 54.6 Å². The largest absolute Gasteiger partial charge is 0.380 e. The molecule has 6 aromatic rings. The van der Waals surface area contributed by atoms with Gasteiger partial charge in [-0.1, -0.05) is 109 Å². The first-order chi connectivity index (χ1) is 17.8. The molecule has 0 amide bonds. The number of fused-ring (bicyclic) bond motifs is 3. The minimum Gasteiger partial charge on any atom is -0.380 e. The maximum absolute atomic E-state index is 5.86. The number of hydrogen-bond acceptors (Lipinski definition) is 2. The van der Waals surface area contributed by atoms with Crippen LogP contribution in [0.15, 0.2) is 109 Å².